The Balaban J connectivity index is 1.61. The molecule has 1 aliphatic heterocycles. The molecule has 2 heterocycles. The van der Waals surface area contributed by atoms with Gasteiger partial charge in [-0.1, -0.05) is 22.8 Å². The van der Waals surface area contributed by atoms with Crippen molar-refractivity contribution in [2.24, 2.45) is 0 Å². The van der Waals surface area contributed by atoms with E-state index in [0.29, 0.717) is 11.7 Å². The van der Waals surface area contributed by atoms with Crippen LogP contribution in [-0.2, 0) is 5.75 Å². The smallest absolute Gasteiger partial charge is 0.232 e. The fraction of sp³-hybridized carbons (Fsp3) is 0.333. The molecule has 1 fully saturated rings. The summed E-state index contributed by atoms with van der Waals surface area (Å²) >= 11 is 7.58. The molecule has 1 aliphatic rings. The normalized spacial score (nSPS) is 15.6. The molecule has 3 rings (SSSR count). The number of halogens is 1. The minimum absolute atomic E-state index is 0.391. The zero-order valence-electron chi connectivity index (χ0n) is 9.60. The van der Waals surface area contributed by atoms with Crippen LogP contribution in [0, 0.1) is 0 Å². The third kappa shape index (κ3) is 2.68. The van der Waals surface area contributed by atoms with Crippen LogP contribution < -0.4 is 5.32 Å². The second kappa shape index (κ2) is 5.30. The van der Waals surface area contributed by atoms with Crippen molar-refractivity contribution in [2.75, 3.05) is 13.1 Å². The Morgan fingerprint density at radius 3 is 3.06 bits per heavy atom. The molecule has 18 heavy (non-hydrogen) atoms. The molecule has 1 aromatic heterocycles. The minimum Gasteiger partial charge on any atom is -0.339 e. The summed E-state index contributed by atoms with van der Waals surface area (Å²) in [5.74, 6) is 2.57. The molecule has 0 aliphatic carbocycles. The summed E-state index contributed by atoms with van der Waals surface area (Å²) in [5.41, 5.74) is 0. The lowest BCUT2D eigenvalue weighted by Crippen LogP contribution is -2.40. The van der Waals surface area contributed by atoms with Crippen LogP contribution in [-0.4, -0.2) is 23.2 Å². The van der Waals surface area contributed by atoms with Gasteiger partial charge in [0.15, 0.2) is 5.82 Å². The standard InChI is InChI=1S/C12H12ClN3OS/c13-9-2-1-3-10(4-9)18-7-11-15-12(17-16-11)8-5-14-6-8/h1-4,8,14H,5-7H2. The molecule has 0 bridgehead atoms. The lowest BCUT2D eigenvalue weighted by molar-refractivity contribution is 0.306. The van der Waals surface area contributed by atoms with E-state index in [1.807, 2.05) is 24.3 Å². The highest BCUT2D eigenvalue weighted by Crippen LogP contribution is 2.25. The van der Waals surface area contributed by atoms with Gasteiger partial charge in [-0.3, -0.25) is 0 Å². The Morgan fingerprint density at radius 1 is 1.44 bits per heavy atom. The molecule has 0 saturated carbocycles. The maximum atomic E-state index is 5.93. The van der Waals surface area contributed by atoms with Crippen molar-refractivity contribution in [3.8, 4) is 0 Å². The molecule has 1 N–H and O–H groups in total. The topological polar surface area (TPSA) is 51.0 Å². The fourth-order valence-electron chi connectivity index (χ4n) is 1.66. The van der Waals surface area contributed by atoms with Gasteiger partial charge in [0.1, 0.15) is 0 Å². The Hall–Kier alpha value is -1.04. The van der Waals surface area contributed by atoms with Crippen LogP contribution in [0.1, 0.15) is 17.6 Å². The van der Waals surface area contributed by atoms with Crippen LogP contribution in [0.4, 0.5) is 0 Å². The lowest BCUT2D eigenvalue weighted by Gasteiger charge is -2.22. The summed E-state index contributed by atoms with van der Waals surface area (Å²) < 4.78 is 5.24. The van der Waals surface area contributed by atoms with Crippen molar-refractivity contribution in [3.05, 3.63) is 41.0 Å². The summed E-state index contributed by atoms with van der Waals surface area (Å²) in [7, 11) is 0. The van der Waals surface area contributed by atoms with Crippen molar-refractivity contribution in [2.45, 2.75) is 16.6 Å². The van der Waals surface area contributed by atoms with Crippen LogP contribution in [0.5, 0.6) is 0 Å². The molecule has 0 radical (unpaired) electrons. The van der Waals surface area contributed by atoms with E-state index in [0.717, 1.165) is 34.7 Å². The SMILES string of the molecule is Clc1cccc(SCc2noc(C3CNC3)n2)c1. The van der Waals surface area contributed by atoms with Crippen molar-refractivity contribution in [1.29, 1.82) is 0 Å². The van der Waals surface area contributed by atoms with Gasteiger partial charge >= 0.3 is 0 Å². The largest absolute Gasteiger partial charge is 0.339 e. The molecule has 0 unspecified atom stereocenters. The van der Waals surface area contributed by atoms with Crippen LogP contribution in [0.15, 0.2) is 33.7 Å². The average Bonchev–Trinajstić information content (AvgIpc) is 2.73. The average molecular weight is 282 g/mol. The molecule has 0 spiro atoms. The second-order valence-electron chi connectivity index (χ2n) is 4.15. The first-order valence-corrected chi connectivity index (χ1v) is 7.09. The highest BCUT2D eigenvalue weighted by Gasteiger charge is 2.24. The van der Waals surface area contributed by atoms with E-state index < -0.39 is 0 Å². The van der Waals surface area contributed by atoms with Gasteiger partial charge in [-0.05, 0) is 18.2 Å². The first-order valence-electron chi connectivity index (χ1n) is 5.73. The summed E-state index contributed by atoms with van der Waals surface area (Å²) in [6.07, 6.45) is 0. The quantitative estimate of drug-likeness (QED) is 0.873. The Morgan fingerprint density at radius 2 is 2.33 bits per heavy atom. The monoisotopic (exact) mass is 281 g/mol. The van der Waals surface area contributed by atoms with Gasteiger partial charge in [-0.25, -0.2) is 0 Å². The predicted octanol–water partition coefficient (Wildman–Crippen LogP) is 2.70. The molecule has 4 nitrogen and oxygen atoms in total. The van der Waals surface area contributed by atoms with Gasteiger partial charge in [0.2, 0.25) is 5.89 Å². The predicted molar refractivity (Wildman–Crippen MR) is 70.9 cm³/mol. The van der Waals surface area contributed by atoms with E-state index in [1.165, 1.54) is 0 Å². The highest BCUT2D eigenvalue weighted by molar-refractivity contribution is 7.98. The van der Waals surface area contributed by atoms with E-state index in [-0.39, 0.29) is 0 Å². The maximum absolute atomic E-state index is 5.93. The van der Waals surface area contributed by atoms with Crippen LogP contribution in [0.3, 0.4) is 0 Å². The molecule has 0 atom stereocenters. The van der Waals surface area contributed by atoms with Crippen molar-refractivity contribution in [3.63, 3.8) is 0 Å². The van der Waals surface area contributed by atoms with E-state index >= 15 is 0 Å². The summed E-state index contributed by atoms with van der Waals surface area (Å²) in [5, 5.41) is 7.92. The fourth-order valence-corrected chi connectivity index (χ4v) is 2.71. The number of hydrogen-bond donors (Lipinski definition) is 1. The van der Waals surface area contributed by atoms with Gasteiger partial charge in [0.25, 0.3) is 0 Å². The number of aromatic nitrogens is 2. The van der Waals surface area contributed by atoms with E-state index in [1.54, 1.807) is 11.8 Å². The maximum Gasteiger partial charge on any atom is 0.232 e. The van der Waals surface area contributed by atoms with E-state index in [4.69, 9.17) is 16.1 Å². The number of rotatable bonds is 4. The number of thioether (sulfide) groups is 1. The van der Waals surface area contributed by atoms with Gasteiger partial charge in [0.05, 0.1) is 11.7 Å². The summed E-state index contributed by atoms with van der Waals surface area (Å²) in [4.78, 5) is 5.51. The molecular formula is C12H12ClN3OS. The third-order valence-electron chi connectivity index (χ3n) is 2.78. The molecule has 94 valence electrons. The Kier molecular flexibility index (Phi) is 3.54. The number of nitrogens with one attached hydrogen (secondary N) is 1. The van der Waals surface area contributed by atoms with Gasteiger partial charge < -0.3 is 9.84 Å². The van der Waals surface area contributed by atoms with Gasteiger partial charge in [-0.15, -0.1) is 11.8 Å². The first kappa shape index (κ1) is 12.0. The van der Waals surface area contributed by atoms with Crippen LogP contribution in [0.25, 0.3) is 0 Å². The van der Waals surface area contributed by atoms with Crippen molar-refractivity contribution in [1.82, 2.24) is 15.5 Å². The number of benzene rings is 1. The third-order valence-corrected chi connectivity index (χ3v) is 4.00. The van der Waals surface area contributed by atoms with E-state index in [2.05, 4.69) is 15.5 Å². The summed E-state index contributed by atoms with van der Waals surface area (Å²) in [6.45, 7) is 1.87. The number of hydrogen-bond acceptors (Lipinski definition) is 5. The molecule has 0 amide bonds. The van der Waals surface area contributed by atoms with Crippen molar-refractivity contribution < 1.29 is 4.52 Å². The molecule has 6 heteroatoms. The zero-order valence-corrected chi connectivity index (χ0v) is 11.2. The second-order valence-corrected chi connectivity index (χ2v) is 5.64. The molecule has 1 aromatic carbocycles. The van der Waals surface area contributed by atoms with E-state index in [9.17, 15) is 0 Å². The molecule has 2 aromatic rings. The molecule has 1 saturated heterocycles. The Labute approximate surface area is 114 Å². The lowest BCUT2D eigenvalue weighted by atomic mass is 10.0. The Bertz CT molecular complexity index is 542. The van der Waals surface area contributed by atoms with Gasteiger partial charge in [-0.2, -0.15) is 4.98 Å². The molecular weight excluding hydrogens is 270 g/mol. The number of nitrogens with zero attached hydrogens (tertiary/aromatic N) is 2. The van der Waals surface area contributed by atoms with Crippen LogP contribution in [0.2, 0.25) is 5.02 Å². The highest BCUT2D eigenvalue weighted by atomic mass is 35.5. The summed E-state index contributed by atoms with van der Waals surface area (Å²) in [6, 6.07) is 7.75. The zero-order chi connectivity index (χ0) is 12.4. The van der Waals surface area contributed by atoms with Crippen molar-refractivity contribution >= 4 is 23.4 Å². The minimum atomic E-state index is 0.391. The van der Waals surface area contributed by atoms with Crippen LogP contribution >= 0.6 is 23.4 Å². The van der Waals surface area contributed by atoms with Gasteiger partial charge in [0, 0.05) is 23.0 Å². The first-order chi connectivity index (χ1) is 8.81.